The predicted octanol–water partition coefficient (Wildman–Crippen LogP) is 4.61. The molecule has 0 bridgehead atoms. The molecule has 2 aromatic carbocycles. The van der Waals surface area contributed by atoms with Crippen LogP contribution in [-0.4, -0.2) is 40.9 Å². The lowest BCUT2D eigenvalue weighted by molar-refractivity contribution is -0.131. The van der Waals surface area contributed by atoms with Gasteiger partial charge in [-0.05, 0) is 55.3 Å². The lowest BCUT2D eigenvalue weighted by atomic mass is 10.1. The Balaban J connectivity index is 1.61. The first kappa shape index (κ1) is 19.6. The van der Waals surface area contributed by atoms with Crippen LogP contribution in [0.5, 0.6) is 0 Å². The first-order chi connectivity index (χ1) is 12.9. The molecule has 1 aliphatic rings. The Labute approximate surface area is 165 Å². The number of carbonyl (C=O) groups excluding carboxylic acids is 1. The maximum absolute atomic E-state index is 13.1. The van der Waals surface area contributed by atoms with Gasteiger partial charge in [0.15, 0.2) is 0 Å². The molecule has 0 unspecified atom stereocenters. The van der Waals surface area contributed by atoms with Crippen LogP contribution >= 0.6 is 11.6 Å². The van der Waals surface area contributed by atoms with Gasteiger partial charge in [-0.2, -0.15) is 0 Å². The molecule has 5 heteroatoms. The summed E-state index contributed by atoms with van der Waals surface area (Å²) in [7, 11) is 0. The van der Waals surface area contributed by atoms with E-state index in [2.05, 4.69) is 18.7 Å². The zero-order valence-electron chi connectivity index (χ0n) is 15.6. The SMILES string of the molecule is C[C@@H]1CN(Cc2ccc(F)cc2)[C@@H](C)CN1C(=O)/C=C\c1ccc(Cl)cc1. The van der Waals surface area contributed by atoms with E-state index in [1.165, 1.54) is 12.1 Å². The Kier molecular flexibility index (Phi) is 6.30. The first-order valence-corrected chi connectivity index (χ1v) is 9.53. The number of amides is 1. The average Bonchev–Trinajstić information content (AvgIpc) is 2.65. The number of carbonyl (C=O) groups is 1. The van der Waals surface area contributed by atoms with Crippen molar-refractivity contribution < 1.29 is 9.18 Å². The number of piperazine rings is 1. The number of hydrogen-bond acceptors (Lipinski definition) is 2. The molecule has 0 aromatic heterocycles. The maximum atomic E-state index is 13.1. The van der Waals surface area contributed by atoms with Crippen molar-refractivity contribution in [3.8, 4) is 0 Å². The molecular formula is C22H24ClFN2O. The topological polar surface area (TPSA) is 23.6 Å². The van der Waals surface area contributed by atoms with Crippen LogP contribution in [0.25, 0.3) is 6.08 Å². The van der Waals surface area contributed by atoms with Crippen molar-refractivity contribution in [1.29, 1.82) is 0 Å². The number of hydrogen-bond donors (Lipinski definition) is 0. The first-order valence-electron chi connectivity index (χ1n) is 9.15. The number of nitrogens with zero attached hydrogens (tertiary/aromatic N) is 2. The summed E-state index contributed by atoms with van der Waals surface area (Å²) in [5, 5.41) is 0.679. The zero-order valence-corrected chi connectivity index (χ0v) is 16.4. The molecule has 27 heavy (non-hydrogen) atoms. The van der Waals surface area contributed by atoms with Crippen molar-refractivity contribution in [3.05, 3.63) is 76.6 Å². The van der Waals surface area contributed by atoms with Gasteiger partial charge in [-0.15, -0.1) is 0 Å². The van der Waals surface area contributed by atoms with Gasteiger partial charge in [-0.1, -0.05) is 35.9 Å². The van der Waals surface area contributed by atoms with Crippen molar-refractivity contribution in [3.63, 3.8) is 0 Å². The highest BCUT2D eigenvalue weighted by Crippen LogP contribution is 2.19. The Bertz CT molecular complexity index is 804. The normalized spacial score (nSPS) is 21.0. The molecular weight excluding hydrogens is 363 g/mol. The van der Waals surface area contributed by atoms with Crippen molar-refractivity contribution in [2.75, 3.05) is 13.1 Å². The smallest absolute Gasteiger partial charge is 0.246 e. The highest BCUT2D eigenvalue weighted by Gasteiger charge is 2.30. The van der Waals surface area contributed by atoms with E-state index in [4.69, 9.17) is 11.6 Å². The number of rotatable bonds is 4. The third kappa shape index (κ3) is 5.18. The molecule has 2 aromatic rings. The lowest BCUT2D eigenvalue weighted by Crippen LogP contribution is -2.57. The van der Waals surface area contributed by atoms with E-state index >= 15 is 0 Å². The third-order valence-corrected chi connectivity index (χ3v) is 5.24. The molecule has 1 amide bonds. The minimum atomic E-state index is -0.219. The third-order valence-electron chi connectivity index (χ3n) is 4.99. The van der Waals surface area contributed by atoms with Gasteiger partial charge in [0.25, 0.3) is 0 Å². The molecule has 1 aliphatic heterocycles. The summed E-state index contributed by atoms with van der Waals surface area (Å²) in [6.45, 7) is 6.41. The summed E-state index contributed by atoms with van der Waals surface area (Å²) < 4.78 is 13.1. The molecule has 3 rings (SSSR count). The summed E-state index contributed by atoms with van der Waals surface area (Å²) >= 11 is 5.89. The van der Waals surface area contributed by atoms with Crippen LogP contribution in [0.2, 0.25) is 5.02 Å². The van der Waals surface area contributed by atoms with E-state index in [9.17, 15) is 9.18 Å². The van der Waals surface area contributed by atoms with E-state index in [1.807, 2.05) is 47.4 Å². The summed E-state index contributed by atoms with van der Waals surface area (Å²) in [5.41, 5.74) is 2.03. The van der Waals surface area contributed by atoms with Gasteiger partial charge in [-0.3, -0.25) is 9.69 Å². The Morgan fingerprint density at radius 3 is 2.41 bits per heavy atom. The predicted molar refractivity (Wildman–Crippen MR) is 108 cm³/mol. The number of halogens is 2. The maximum Gasteiger partial charge on any atom is 0.246 e. The molecule has 0 saturated carbocycles. The largest absolute Gasteiger partial charge is 0.334 e. The van der Waals surface area contributed by atoms with Crippen molar-refractivity contribution in [1.82, 2.24) is 9.80 Å². The average molecular weight is 387 g/mol. The van der Waals surface area contributed by atoms with Crippen LogP contribution in [0.1, 0.15) is 25.0 Å². The van der Waals surface area contributed by atoms with E-state index < -0.39 is 0 Å². The van der Waals surface area contributed by atoms with Crippen molar-refractivity contribution in [2.24, 2.45) is 0 Å². The second kappa shape index (κ2) is 8.68. The summed E-state index contributed by atoms with van der Waals surface area (Å²) in [6.07, 6.45) is 3.45. The van der Waals surface area contributed by atoms with Crippen molar-refractivity contribution >= 4 is 23.6 Å². The second-order valence-electron chi connectivity index (χ2n) is 7.13. The molecule has 3 nitrogen and oxygen atoms in total. The van der Waals surface area contributed by atoms with E-state index in [1.54, 1.807) is 6.08 Å². The molecule has 1 heterocycles. The Morgan fingerprint density at radius 1 is 1.07 bits per heavy atom. The minimum absolute atomic E-state index is 0.0192. The van der Waals surface area contributed by atoms with Crippen LogP contribution in [0, 0.1) is 5.82 Å². The fourth-order valence-electron chi connectivity index (χ4n) is 3.39. The molecule has 0 N–H and O–H groups in total. The van der Waals surface area contributed by atoms with Gasteiger partial charge >= 0.3 is 0 Å². The highest BCUT2D eigenvalue weighted by atomic mass is 35.5. The minimum Gasteiger partial charge on any atom is -0.334 e. The molecule has 142 valence electrons. The zero-order chi connectivity index (χ0) is 19.4. The van der Waals surface area contributed by atoms with Crippen LogP contribution in [0.4, 0.5) is 4.39 Å². The van der Waals surface area contributed by atoms with Crippen molar-refractivity contribution in [2.45, 2.75) is 32.5 Å². The van der Waals surface area contributed by atoms with Crippen LogP contribution in [-0.2, 0) is 11.3 Å². The van der Waals surface area contributed by atoms with Crippen LogP contribution < -0.4 is 0 Å². The molecule has 0 spiro atoms. The fraction of sp³-hybridized carbons (Fsp3) is 0.318. The summed E-state index contributed by atoms with van der Waals surface area (Å²) in [4.78, 5) is 16.9. The van der Waals surface area contributed by atoms with E-state index in [-0.39, 0.29) is 23.8 Å². The second-order valence-corrected chi connectivity index (χ2v) is 7.57. The van der Waals surface area contributed by atoms with Crippen LogP contribution in [0.15, 0.2) is 54.6 Å². The standard InChI is InChI=1S/C22H24ClFN2O/c1-16-14-26(22(27)12-7-18-3-8-20(23)9-4-18)17(2)13-25(16)15-19-5-10-21(24)11-6-19/h3-12,16-17H,13-15H2,1-2H3/b12-7-/t16-,17+/m0/s1. The Hall–Kier alpha value is -2.17. The van der Waals surface area contributed by atoms with Crippen LogP contribution in [0.3, 0.4) is 0 Å². The summed E-state index contributed by atoms with van der Waals surface area (Å²) in [5.74, 6) is -0.200. The van der Waals surface area contributed by atoms with Gasteiger partial charge in [0.2, 0.25) is 5.91 Å². The molecule has 2 atom stereocenters. The Morgan fingerprint density at radius 2 is 1.74 bits per heavy atom. The van der Waals surface area contributed by atoms with Gasteiger partial charge < -0.3 is 4.90 Å². The number of benzene rings is 2. The van der Waals surface area contributed by atoms with Gasteiger partial charge in [-0.25, -0.2) is 4.39 Å². The van der Waals surface area contributed by atoms with Gasteiger partial charge in [0, 0.05) is 42.8 Å². The highest BCUT2D eigenvalue weighted by molar-refractivity contribution is 6.30. The molecule has 1 fully saturated rings. The quantitative estimate of drug-likeness (QED) is 0.716. The molecule has 1 saturated heterocycles. The fourth-order valence-corrected chi connectivity index (χ4v) is 3.51. The van der Waals surface area contributed by atoms with E-state index in [0.29, 0.717) is 11.6 Å². The summed E-state index contributed by atoms with van der Waals surface area (Å²) in [6, 6.07) is 14.4. The van der Waals surface area contributed by atoms with Gasteiger partial charge in [0.05, 0.1) is 0 Å². The monoisotopic (exact) mass is 386 g/mol. The molecule has 0 radical (unpaired) electrons. The van der Waals surface area contributed by atoms with Gasteiger partial charge in [0.1, 0.15) is 5.82 Å². The van der Waals surface area contributed by atoms with E-state index in [0.717, 1.165) is 24.2 Å². The lowest BCUT2D eigenvalue weighted by Gasteiger charge is -2.44. The molecule has 0 aliphatic carbocycles.